The molecule has 106 valence electrons. The van der Waals surface area contributed by atoms with Crippen LogP contribution < -0.4 is 16.6 Å². The molecule has 7 heteroatoms. The summed E-state index contributed by atoms with van der Waals surface area (Å²) in [6.07, 6.45) is 1.69. The van der Waals surface area contributed by atoms with Gasteiger partial charge in [-0.3, -0.25) is 4.79 Å². The van der Waals surface area contributed by atoms with Crippen molar-refractivity contribution in [2.24, 2.45) is 5.84 Å². The molecule has 4 N–H and O–H groups in total. The second-order valence-corrected chi connectivity index (χ2v) is 4.01. The van der Waals surface area contributed by atoms with Gasteiger partial charge >= 0.3 is 5.97 Å². The molecule has 0 aromatic carbocycles. The van der Waals surface area contributed by atoms with Crippen LogP contribution in [0.4, 0.5) is 11.6 Å². The van der Waals surface area contributed by atoms with Crippen LogP contribution in [0.3, 0.4) is 0 Å². The van der Waals surface area contributed by atoms with Gasteiger partial charge < -0.3 is 15.5 Å². The van der Waals surface area contributed by atoms with E-state index >= 15 is 0 Å². The van der Waals surface area contributed by atoms with E-state index in [4.69, 9.17) is 10.6 Å². The number of hydrazine groups is 1. The summed E-state index contributed by atoms with van der Waals surface area (Å²) in [7, 11) is 0. The van der Waals surface area contributed by atoms with Gasteiger partial charge in [-0.2, -0.15) is 0 Å². The van der Waals surface area contributed by atoms with Gasteiger partial charge in [0.15, 0.2) is 0 Å². The van der Waals surface area contributed by atoms with Crippen LogP contribution in [0.5, 0.6) is 0 Å². The normalized spacial score (nSPS) is 10.1. The fourth-order valence-corrected chi connectivity index (χ4v) is 1.58. The molecule has 0 aliphatic rings. The molecule has 1 rings (SSSR count). The molecule has 0 bridgehead atoms. The third-order valence-electron chi connectivity index (χ3n) is 2.51. The van der Waals surface area contributed by atoms with Crippen molar-refractivity contribution in [3.63, 3.8) is 0 Å². The van der Waals surface area contributed by atoms with Crippen molar-refractivity contribution in [3.05, 3.63) is 11.4 Å². The number of nitrogen functional groups attached to an aromatic ring is 1. The van der Waals surface area contributed by atoms with E-state index in [0.717, 1.165) is 18.4 Å². The zero-order valence-electron chi connectivity index (χ0n) is 11.6. The minimum Gasteiger partial charge on any atom is -0.465 e. The predicted octanol–water partition coefficient (Wildman–Crippen LogP) is 0.998. The number of esters is 1. The van der Waals surface area contributed by atoms with Crippen LogP contribution in [0.25, 0.3) is 0 Å². The van der Waals surface area contributed by atoms with Gasteiger partial charge in [0.05, 0.1) is 6.61 Å². The lowest BCUT2D eigenvalue weighted by Crippen LogP contribution is -2.20. The number of hydrogen-bond acceptors (Lipinski definition) is 7. The van der Waals surface area contributed by atoms with Gasteiger partial charge in [0.2, 0.25) is 0 Å². The van der Waals surface area contributed by atoms with Gasteiger partial charge in [-0.1, -0.05) is 6.92 Å². The van der Waals surface area contributed by atoms with Crippen molar-refractivity contribution < 1.29 is 9.53 Å². The molecule has 0 aliphatic carbocycles. The van der Waals surface area contributed by atoms with E-state index in [9.17, 15) is 4.79 Å². The average Bonchev–Trinajstić information content (AvgIpc) is 2.39. The molecule has 0 saturated carbocycles. The molecule has 1 aromatic heterocycles. The second-order valence-electron chi connectivity index (χ2n) is 4.01. The minimum absolute atomic E-state index is 0.0707. The molecule has 1 heterocycles. The van der Waals surface area contributed by atoms with Crippen molar-refractivity contribution in [1.29, 1.82) is 0 Å². The Balaban J connectivity index is 2.85. The van der Waals surface area contributed by atoms with E-state index in [1.807, 2.05) is 13.8 Å². The Hall–Kier alpha value is -1.89. The number of hydrogen-bond donors (Lipinski definition) is 3. The van der Waals surface area contributed by atoms with Gasteiger partial charge in [-0.25, -0.2) is 15.8 Å². The molecule has 1 aromatic rings. The van der Waals surface area contributed by atoms with Crippen molar-refractivity contribution in [2.45, 2.75) is 33.6 Å². The van der Waals surface area contributed by atoms with Crippen LogP contribution in [-0.2, 0) is 16.0 Å². The summed E-state index contributed by atoms with van der Waals surface area (Å²) in [6.45, 7) is 6.08. The summed E-state index contributed by atoms with van der Waals surface area (Å²) in [5.41, 5.74) is 3.31. The molecule has 0 radical (unpaired) electrons. The lowest BCUT2D eigenvalue weighted by Gasteiger charge is -2.13. The first-order valence-electron chi connectivity index (χ1n) is 6.35. The number of nitrogens with zero attached hydrogens (tertiary/aromatic N) is 2. The highest BCUT2D eigenvalue weighted by molar-refractivity contribution is 5.75. The summed E-state index contributed by atoms with van der Waals surface area (Å²) in [5.74, 6) is 6.95. The van der Waals surface area contributed by atoms with E-state index in [-0.39, 0.29) is 12.5 Å². The Kier molecular flexibility index (Phi) is 6.01. The van der Waals surface area contributed by atoms with Crippen molar-refractivity contribution in [3.8, 4) is 0 Å². The highest BCUT2D eigenvalue weighted by atomic mass is 16.5. The first-order valence-corrected chi connectivity index (χ1v) is 6.35. The standard InChI is InChI=1S/C12H21N5O2/c1-4-6-9-15-11(8(3)12(16-9)17-13)14-7-10(18)19-5-2/h4-7,13H2,1-3H3,(H2,14,15,16,17). The molecule has 0 spiro atoms. The van der Waals surface area contributed by atoms with Crippen LogP contribution in [-0.4, -0.2) is 29.1 Å². The molecule has 0 atom stereocenters. The van der Waals surface area contributed by atoms with E-state index in [1.54, 1.807) is 6.92 Å². The third-order valence-corrected chi connectivity index (χ3v) is 2.51. The summed E-state index contributed by atoms with van der Waals surface area (Å²) < 4.78 is 4.85. The largest absolute Gasteiger partial charge is 0.465 e. The monoisotopic (exact) mass is 267 g/mol. The van der Waals surface area contributed by atoms with Crippen molar-refractivity contribution in [2.75, 3.05) is 23.9 Å². The fraction of sp³-hybridized carbons (Fsp3) is 0.583. The summed E-state index contributed by atoms with van der Waals surface area (Å²) >= 11 is 0. The molecule has 0 amide bonds. The minimum atomic E-state index is -0.320. The van der Waals surface area contributed by atoms with E-state index in [2.05, 4.69) is 20.7 Å². The molecule has 7 nitrogen and oxygen atoms in total. The Morgan fingerprint density at radius 2 is 2.00 bits per heavy atom. The Morgan fingerprint density at radius 1 is 1.32 bits per heavy atom. The maximum atomic E-state index is 11.3. The van der Waals surface area contributed by atoms with Gasteiger partial charge in [0, 0.05) is 12.0 Å². The highest BCUT2D eigenvalue weighted by Crippen LogP contribution is 2.19. The Bertz CT molecular complexity index is 436. The Labute approximate surface area is 112 Å². The molecule has 0 fully saturated rings. The summed E-state index contributed by atoms with van der Waals surface area (Å²) in [6, 6.07) is 0. The number of nitrogens with one attached hydrogen (secondary N) is 2. The molecular formula is C12H21N5O2. The maximum Gasteiger partial charge on any atom is 0.325 e. The van der Waals surface area contributed by atoms with Gasteiger partial charge in [0.25, 0.3) is 0 Å². The zero-order valence-corrected chi connectivity index (χ0v) is 11.6. The van der Waals surface area contributed by atoms with Gasteiger partial charge in [-0.05, 0) is 20.3 Å². The van der Waals surface area contributed by atoms with Crippen LogP contribution in [0.2, 0.25) is 0 Å². The quantitative estimate of drug-likeness (QED) is 0.385. The smallest absolute Gasteiger partial charge is 0.325 e. The highest BCUT2D eigenvalue weighted by Gasteiger charge is 2.11. The Morgan fingerprint density at radius 3 is 2.58 bits per heavy atom. The van der Waals surface area contributed by atoms with Gasteiger partial charge in [-0.15, -0.1) is 0 Å². The van der Waals surface area contributed by atoms with E-state index in [1.165, 1.54) is 0 Å². The second kappa shape index (κ2) is 7.52. The third kappa shape index (κ3) is 4.36. The number of rotatable bonds is 7. The maximum absolute atomic E-state index is 11.3. The van der Waals surface area contributed by atoms with Crippen LogP contribution in [0.15, 0.2) is 0 Å². The lowest BCUT2D eigenvalue weighted by atomic mass is 10.2. The molecule has 19 heavy (non-hydrogen) atoms. The fourth-order valence-electron chi connectivity index (χ4n) is 1.58. The number of aromatic nitrogens is 2. The number of ether oxygens (including phenoxy) is 1. The SMILES string of the molecule is CCCc1nc(NN)c(C)c(NCC(=O)OCC)n1. The first kappa shape index (κ1) is 15.2. The number of carbonyl (C=O) groups is 1. The first-order chi connectivity index (χ1) is 9.12. The van der Waals surface area contributed by atoms with Crippen molar-refractivity contribution >= 4 is 17.6 Å². The summed E-state index contributed by atoms with van der Waals surface area (Å²) in [5, 5.41) is 2.95. The molecule has 0 aliphatic heterocycles. The van der Waals surface area contributed by atoms with Crippen LogP contribution in [0.1, 0.15) is 31.7 Å². The number of aryl methyl sites for hydroxylation is 1. The summed E-state index contributed by atoms with van der Waals surface area (Å²) in [4.78, 5) is 20.0. The zero-order chi connectivity index (χ0) is 14.3. The van der Waals surface area contributed by atoms with Crippen LogP contribution >= 0.6 is 0 Å². The topological polar surface area (TPSA) is 102 Å². The predicted molar refractivity (Wildman–Crippen MR) is 73.7 cm³/mol. The molecule has 0 saturated heterocycles. The van der Waals surface area contributed by atoms with Gasteiger partial charge in [0.1, 0.15) is 24.0 Å². The number of anilines is 2. The van der Waals surface area contributed by atoms with E-state index < -0.39 is 0 Å². The average molecular weight is 267 g/mol. The van der Waals surface area contributed by atoms with Crippen molar-refractivity contribution in [1.82, 2.24) is 9.97 Å². The lowest BCUT2D eigenvalue weighted by molar-refractivity contribution is -0.140. The number of carbonyl (C=O) groups excluding carboxylic acids is 1. The molecular weight excluding hydrogens is 246 g/mol. The number of nitrogens with two attached hydrogens (primary N) is 1. The van der Waals surface area contributed by atoms with Crippen LogP contribution in [0, 0.1) is 6.92 Å². The van der Waals surface area contributed by atoms with E-state index in [0.29, 0.717) is 24.1 Å². The molecule has 0 unspecified atom stereocenters.